The van der Waals surface area contributed by atoms with Crippen LogP contribution in [0.25, 0.3) is 0 Å². The van der Waals surface area contributed by atoms with Gasteiger partial charge in [0.05, 0.1) is 39.0 Å². The maximum atomic E-state index is 12.7. The number of ether oxygens (including phenoxy) is 2. The van der Waals surface area contributed by atoms with Crippen LogP contribution in [-0.4, -0.2) is 49.9 Å². The summed E-state index contributed by atoms with van der Waals surface area (Å²) >= 11 is 0. The molecule has 0 bridgehead atoms. The molecule has 0 saturated carbocycles. The quantitative estimate of drug-likeness (QED) is 0.657. The first-order chi connectivity index (χ1) is 15.5. The van der Waals surface area contributed by atoms with Crippen LogP contribution in [-0.2, 0) is 29.1 Å². The van der Waals surface area contributed by atoms with E-state index in [9.17, 15) is 14.4 Å². The second-order valence-corrected chi connectivity index (χ2v) is 8.23. The molecule has 1 aromatic carbocycles. The first-order valence-corrected chi connectivity index (χ1v) is 10.9. The van der Waals surface area contributed by atoms with Crippen molar-refractivity contribution in [3.63, 3.8) is 0 Å². The summed E-state index contributed by atoms with van der Waals surface area (Å²) < 4.78 is 15.7. The van der Waals surface area contributed by atoms with Gasteiger partial charge in [0.2, 0.25) is 5.91 Å². The van der Waals surface area contributed by atoms with Crippen molar-refractivity contribution >= 4 is 11.7 Å². The van der Waals surface area contributed by atoms with Crippen molar-refractivity contribution in [3.05, 3.63) is 63.2 Å². The van der Waals surface area contributed by atoms with Gasteiger partial charge in [0.15, 0.2) is 5.78 Å². The van der Waals surface area contributed by atoms with Gasteiger partial charge in [-0.3, -0.25) is 14.5 Å². The van der Waals surface area contributed by atoms with Gasteiger partial charge >= 0.3 is 5.63 Å². The summed E-state index contributed by atoms with van der Waals surface area (Å²) in [6.07, 6.45) is 2.12. The van der Waals surface area contributed by atoms with E-state index in [1.165, 1.54) is 0 Å². The van der Waals surface area contributed by atoms with Gasteiger partial charge in [0, 0.05) is 11.5 Å². The van der Waals surface area contributed by atoms with Crippen LogP contribution in [0.15, 0.2) is 39.5 Å². The number of carbonyl (C=O) groups is 2. The van der Waals surface area contributed by atoms with Crippen LogP contribution in [0.3, 0.4) is 0 Å². The Morgan fingerprint density at radius 2 is 1.94 bits per heavy atom. The fourth-order valence-electron chi connectivity index (χ4n) is 4.23. The molecule has 2 aliphatic rings. The average Bonchev–Trinajstić information content (AvgIpc) is 2.83. The third kappa shape index (κ3) is 5.26. The van der Waals surface area contributed by atoms with Crippen LogP contribution in [0.4, 0.5) is 0 Å². The lowest BCUT2D eigenvalue weighted by atomic mass is 9.89. The van der Waals surface area contributed by atoms with Crippen molar-refractivity contribution in [1.29, 1.82) is 0 Å². The maximum Gasteiger partial charge on any atom is 0.341 e. The minimum Gasteiger partial charge on any atom is -0.497 e. The van der Waals surface area contributed by atoms with Crippen LogP contribution in [0, 0.1) is 5.92 Å². The van der Waals surface area contributed by atoms with Crippen molar-refractivity contribution in [1.82, 2.24) is 10.2 Å². The topological polar surface area (TPSA) is 98.1 Å². The molecule has 4 rings (SSSR count). The number of Topliss-reactive ketones (excluding diaryl/α,β-unsaturated/α-hetero) is 1. The SMILES string of the molecule is COc1ccc(C(=O)C2CCN(CC(=O)NCc3cc4c(c(=O)o3)COCC4)CC2)cc1. The van der Waals surface area contributed by atoms with Crippen molar-refractivity contribution in [3.8, 4) is 5.75 Å². The van der Waals surface area contributed by atoms with Gasteiger partial charge in [-0.1, -0.05) is 0 Å². The van der Waals surface area contributed by atoms with Gasteiger partial charge in [-0.05, 0) is 68.2 Å². The molecule has 0 spiro atoms. The fourth-order valence-corrected chi connectivity index (χ4v) is 4.23. The molecule has 170 valence electrons. The van der Waals surface area contributed by atoms with E-state index in [1.54, 1.807) is 31.4 Å². The number of carbonyl (C=O) groups excluding carboxylic acids is 2. The molecule has 8 heteroatoms. The molecule has 1 N–H and O–H groups in total. The average molecular weight is 440 g/mol. The number of likely N-dealkylation sites (tertiary alicyclic amines) is 1. The Morgan fingerprint density at radius 3 is 2.66 bits per heavy atom. The molecule has 8 nitrogen and oxygen atoms in total. The number of nitrogens with one attached hydrogen (secondary N) is 1. The predicted octanol–water partition coefficient (Wildman–Crippen LogP) is 1.93. The lowest BCUT2D eigenvalue weighted by Gasteiger charge is -2.30. The Morgan fingerprint density at radius 1 is 1.19 bits per heavy atom. The summed E-state index contributed by atoms with van der Waals surface area (Å²) in [5.41, 5.74) is 1.80. The molecule has 1 aromatic heterocycles. The van der Waals surface area contributed by atoms with E-state index in [1.807, 2.05) is 11.0 Å². The summed E-state index contributed by atoms with van der Waals surface area (Å²) in [6, 6.07) is 9.02. The summed E-state index contributed by atoms with van der Waals surface area (Å²) in [7, 11) is 1.60. The van der Waals surface area contributed by atoms with Gasteiger partial charge in [-0.25, -0.2) is 4.79 Å². The Balaban J connectivity index is 1.23. The van der Waals surface area contributed by atoms with E-state index in [0.29, 0.717) is 43.0 Å². The Kier molecular flexibility index (Phi) is 7.02. The lowest BCUT2D eigenvalue weighted by molar-refractivity contribution is -0.122. The number of methoxy groups -OCH3 is 1. The van der Waals surface area contributed by atoms with E-state index < -0.39 is 5.63 Å². The van der Waals surface area contributed by atoms with E-state index in [2.05, 4.69) is 5.32 Å². The zero-order chi connectivity index (χ0) is 22.5. The van der Waals surface area contributed by atoms with Gasteiger partial charge in [-0.2, -0.15) is 0 Å². The first-order valence-electron chi connectivity index (χ1n) is 10.9. The van der Waals surface area contributed by atoms with Gasteiger partial charge in [-0.15, -0.1) is 0 Å². The molecule has 0 aliphatic carbocycles. The van der Waals surface area contributed by atoms with Crippen LogP contribution in [0.5, 0.6) is 5.75 Å². The fraction of sp³-hybridized carbons (Fsp3) is 0.458. The van der Waals surface area contributed by atoms with Crippen LogP contribution < -0.4 is 15.7 Å². The molecular formula is C24H28N2O6. The minimum atomic E-state index is -0.393. The monoisotopic (exact) mass is 440 g/mol. The van der Waals surface area contributed by atoms with Crippen molar-refractivity contribution in [2.75, 3.05) is 33.4 Å². The third-order valence-electron chi connectivity index (χ3n) is 6.12. The zero-order valence-corrected chi connectivity index (χ0v) is 18.2. The molecular weight excluding hydrogens is 412 g/mol. The smallest absolute Gasteiger partial charge is 0.341 e. The van der Waals surface area contributed by atoms with Crippen molar-refractivity contribution < 1.29 is 23.5 Å². The number of nitrogens with zero attached hydrogens (tertiary/aromatic N) is 1. The summed E-state index contributed by atoms with van der Waals surface area (Å²) in [5.74, 6) is 1.16. The first kappa shape index (κ1) is 22.2. The van der Waals surface area contributed by atoms with E-state index in [4.69, 9.17) is 13.9 Å². The molecule has 1 fully saturated rings. The molecule has 1 amide bonds. The second-order valence-electron chi connectivity index (χ2n) is 8.23. The number of ketones is 1. The lowest BCUT2D eigenvalue weighted by Crippen LogP contribution is -2.42. The Labute approximate surface area is 186 Å². The van der Waals surface area contributed by atoms with Crippen molar-refractivity contribution in [2.24, 2.45) is 5.92 Å². The summed E-state index contributed by atoms with van der Waals surface area (Å²) in [5, 5.41) is 2.83. The number of hydrogen-bond acceptors (Lipinski definition) is 7. The number of benzene rings is 1. The molecule has 3 heterocycles. The normalized spacial score (nSPS) is 16.9. The number of rotatable bonds is 7. The van der Waals surface area contributed by atoms with E-state index in [0.717, 1.165) is 24.2 Å². The highest BCUT2D eigenvalue weighted by molar-refractivity contribution is 5.98. The van der Waals surface area contributed by atoms with Crippen molar-refractivity contribution in [2.45, 2.75) is 32.4 Å². The van der Waals surface area contributed by atoms with Gasteiger partial charge in [0.1, 0.15) is 11.5 Å². The zero-order valence-electron chi connectivity index (χ0n) is 18.2. The van der Waals surface area contributed by atoms with E-state index in [-0.39, 0.29) is 37.3 Å². The molecule has 1 saturated heterocycles. The Bertz CT molecular complexity index is 1020. The van der Waals surface area contributed by atoms with Crippen LogP contribution in [0.2, 0.25) is 0 Å². The molecule has 0 radical (unpaired) electrons. The Hall–Kier alpha value is -2.97. The molecule has 0 unspecified atom stereocenters. The third-order valence-corrected chi connectivity index (χ3v) is 6.12. The highest BCUT2D eigenvalue weighted by Crippen LogP contribution is 2.23. The standard InChI is InChI=1S/C24H28N2O6/c1-30-19-4-2-16(3-5-19)23(28)17-6-9-26(10-7-17)14-22(27)25-13-20-12-18-8-11-31-15-21(18)24(29)32-20/h2-5,12,17H,6-11,13-15H2,1H3,(H,25,27). The molecule has 2 aliphatic heterocycles. The van der Waals surface area contributed by atoms with E-state index >= 15 is 0 Å². The summed E-state index contributed by atoms with van der Waals surface area (Å²) in [6.45, 7) is 2.67. The van der Waals surface area contributed by atoms with Gasteiger partial charge < -0.3 is 19.2 Å². The summed E-state index contributed by atoms with van der Waals surface area (Å²) in [4.78, 5) is 39.2. The molecule has 2 aromatic rings. The second kappa shape index (κ2) is 10.1. The number of hydrogen-bond donors (Lipinski definition) is 1. The molecule has 0 atom stereocenters. The maximum absolute atomic E-state index is 12.7. The molecule has 32 heavy (non-hydrogen) atoms. The van der Waals surface area contributed by atoms with Gasteiger partial charge in [0.25, 0.3) is 0 Å². The number of amides is 1. The minimum absolute atomic E-state index is 0.0311. The highest BCUT2D eigenvalue weighted by Gasteiger charge is 2.26. The highest BCUT2D eigenvalue weighted by atomic mass is 16.5. The van der Waals surface area contributed by atoms with Crippen LogP contribution >= 0.6 is 0 Å². The number of fused-ring (bicyclic) bond motifs is 1. The largest absolute Gasteiger partial charge is 0.497 e. The number of piperidine rings is 1. The predicted molar refractivity (Wildman–Crippen MR) is 117 cm³/mol. The van der Waals surface area contributed by atoms with Crippen LogP contribution in [0.1, 0.15) is 40.1 Å².